The van der Waals surface area contributed by atoms with Gasteiger partial charge in [0, 0.05) is 13.1 Å². The van der Waals surface area contributed by atoms with E-state index in [-0.39, 0.29) is 11.9 Å². The molecule has 1 amide bonds. The Balaban J connectivity index is 2.43. The van der Waals surface area contributed by atoms with Gasteiger partial charge in [0.25, 0.3) is 0 Å². The van der Waals surface area contributed by atoms with Crippen molar-refractivity contribution in [2.75, 3.05) is 19.6 Å². The molecule has 1 atom stereocenters. The van der Waals surface area contributed by atoms with Crippen LogP contribution in [0.5, 0.6) is 0 Å². The topological polar surface area (TPSA) is 32.3 Å². The van der Waals surface area contributed by atoms with Crippen LogP contribution in [0.15, 0.2) is 37.0 Å². The molecule has 1 rings (SSSR count). The Bertz CT molecular complexity index is 320. The molecule has 0 radical (unpaired) electrons. The lowest BCUT2D eigenvalue weighted by atomic mass is 10.1. The summed E-state index contributed by atoms with van der Waals surface area (Å²) in [7, 11) is 0. The number of nitrogens with zero attached hydrogens (tertiary/aromatic N) is 1. The van der Waals surface area contributed by atoms with Gasteiger partial charge in [-0.3, -0.25) is 4.79 Å². The summed E-state index contributed by atoms with van der Waals surface area (Å²) in [5.41, 5.74) is 1.12. The summed E-state index contributed by atoms with van der Waals surface area (Å²) in [4.78, 5) is 13.9. The summed E-state index contributed by atoms with van der Waals surface area (Å²) in [5, 5.41) is 3.21. The number of likely N-dealkylation sites (N-methyl/N-ethyl adjacent to an activating group) is 1. The van der Waals surface area contributed by atoms with Crippen molar-refractivity contribution in [2.24, 2.45) is 0 Å². The summed E-state index contributed by atoms with van der Waals surface area (Å²) in [6.07, 6.45) is 7.28. The Morgan fingerprint density at radius 3 is 2.94 bits per heavy atom. The van der Waals surface area contributed by atoms with E-state index in [1.54, 1.807) is 6.08 Å². The summed E-state index contributed by atoms with van der Waals surface area (Å²) < 4.78 is 0. The summed E-state index contributed by atoms with van der Waals surface area (Å²) in [6, 6.07) is 0.0237. The first-order chi connectivity index (χ1) is 8.22. The van der Waals surface area contributed by atoms with Gasteiger partial charge in [0.15, 0.2) is 0 Å². The number of rotatable bonds is 7. The third-order valence-corrected chi connectivity index (χ3v) is 3.01. The minimum absolute atomic E-state index is 0.0237. The fourth-order valence-electron chi connectivity index (χ4n) is 2.07. The molecule has 1 unspecified atom stereocenters. The highest BCUT2D eigenvalue weighted by atomic mass is 16.2. The maximum absolute atomic E-state index is 12.0. The maximum Gasteiger partial charge on any atom is 0.239 e. The fraction of sp³-hybridized carbons (Fsp3) is 0.500. The molecule has 1 saturated heterocycles. The molecule has 1 heterocycles. The average Bonchev–Trinajstić information content (AvgIpc) is 2.67. The number of amides is 1. The van der Waals surface area contributed by atoms with Gasteiger partial charge in [-0.15, -0.1) is 0 Å². The van der Waals surface area contributed by atoms with Crippen LogP contribution in [0.4, 0.5) is 0 Å². The van der Waals surface area contributed by atoms with Crippen LogP contribution < -0.4 is 5.32 Å². The van der Waals surface area contributed by atoms with Crippen molar-refractivity contribution in [3.05, 3.63) is 37.0 Å². The Labute approximate surface area is 104 Å². The number of nitrogens with one attached hydrogen (secondary N) is 1. The molecule has 17 heavy (non-hydrogen) atoms. The normalized spacial score (nSPS) is 20.8. The first-order valence-electron chi connectivity index (χ1n) is 6.19. The van der Waals surface area contributed by atoms with Gasteiger partial charge < -0.3 is 10.2 Å². The second-order valence-corrected chi connectivity index (χ2v) is 4.16. The second-order valence-electron chi connectivity index (χ2n) is 4.16. The van der Waals surface area contributed by atoms with Crippen LogP contribution in [0.2, 0.25) is 0 Å². The van der Waals surface area contributed by atoms with Gasteiger partial charge in [-0.2, -0.15) is 0 Å². The molecule has 94 valence electrons. The van der Waals surface area contributed by atoms with Gasteiger partial charge in [-0.25, -0.2) is 0 Å². The van der Waals surface area contributed by atoms with E-state index in [2.05, 4.69) is 18.5 Å². The Kier molecular flexibility index (Phi) is 5.70. The minimum atomic E-state index is 0.0237. The summed E-state index contributed by atoms with van der Waals surface area (Å²) >= 11 is 0. The molecule has 1 aliphatic heterocycles. The predicted molar refractivity (Wildman–Crippen MR) is 71.8 cm³/mol. The lowest BCUT2D eigenvalue weighted by Crippen LogP contribution is -2.38. The van der Waals surface area contributed by atoms with Crippen molar-refractivity contribution < 1.29 is 4.79 Å². The van der Waals surface area contributed by atoms with Crippen molar-refractivity contribution in [3.63, 3.8) is 0 Å². The number of allylic oxidation sites excluding steroid dienone is 3. The van der Waals surface area contributed by atoms with E-state index >= 15 is 0 Å². The molecule has 0 spiro atoms. The molecule has 0 aromatic rings. The second kappa shape index (κ2) is 7.07. The fourth-order valence-corrected chi connectivity index (χ4v) is 2.07. The number of hydrogen-bond acceptors (Lipinski definition) is 2. The van der Waals surface area contributed by atoms with Crippen LogP contribution >= 0.6 is 0 Å². The number of carbonyl (C=O) groups is 1. The smallest absolute Gasteiger partial charge is 0.239 e. The van der Waals surface area contributed by atoms with Crippen LogP contribution in [0, 0.1) is 0 Å². The lowest BCUT2D eigenvalue weighted by molar-refractivity contribution is -0.129. The maximum atomic E-state index is 12.0. The zero-order valence-electron chi connectivity index (χ0n) is 10.6. The van der Waals surface area contributed by atoms with Crippen molar-refractivity contribution in [2.45, 2.75) is 25.8 Å². The van der Waals surface area contributed by atoms with E-state index in [0.29, 0.717) is 0 Å². The summed E-state index contributed by atoms with van der Waals surface area (Å²) in [6.45, 7) is 11.9. The quantitative estimate of drug-likeness (QED) is 0.682. The van der Waals surface area contributed by atoms with Gasteiger partial charge in [-0.1, -0.05) is 38.3 Å². The van der Waals surface area contributed by atoms with Crippen LogP contribution in [0.25, 0.3) is 0 Å². The Morgan fingerprint density at radius 1 is 1.59 bits per heavy atom. The molecule has 0 bridgehead atoms. The van der Waals surface area contributed by atoms with Crippen LogP contribution in [-0.2, 0) is 4.79 Å². The molecule has 0 aromatic heterocycles. The molecular formula is C14H22N2O. The molecule has 0 aliphatic carbocycles. The van der Waals surface area contributed by atoms with E-state index in [4.69, 9.17) is 0 Å². The third kappa shape index (κ3) is 3.86. The largest absolute Gasteiger partial charge is 0.341 e. The SMILES string of the molecule is C=C/C=C(\C=C)CCN1CCC(NCC)C1=O. The van der Waals surface area contributed by atoms with Gasteiger partial charge in [0.1, 0.15) is 0 Å². The first kappa shape index (κ1) is 13.7. The summed E-state index contributed by atoms with van der Waals surface area (Å²) in [5.74, 6) is 0.230. The van der Waals surface area contributed by atoms with E-state index in [9.17, 15) is 4.79 Å². The van der Waals surface area contributed by atoms with Gasteiger partial charge >= 0.3 is 0 Å². The molecule has 1 fully saturated rings. The highest BCUT2D eigenvalue weighted by Gasteiger charge is 2.30. The van der Waals surface area contributed by atoms with E-state index in [1.807, 2.05) is 24.0 Å². The Hall–Kier alpha value is -1.35. The Morgan fingerprint density at radius 2 is 2.35 bits per heavy atom. The molecule has 3 nitrogen and oxygen atoms in total. The standard InChI is InChI=1S/C14H22N2O/c1-4-7-12(5-2)8-10-16-11-9-13(14(16)17)15-6-3/h4-5,7,13,15H,1-2,6,8-11H2,3H3/b12-7+. The van der Waals surface area contributed by atoms with E-state index < -0.39 is 0 Å². The monoisotopic (exact) mass is 234 g/mol. The molecule has 0 aromatic carbocycles. The van der Waals surface area contributed by atoms with Crippen molar-refractivity contribution in [1.29, 1.82) is 0 Å². The molecule has 1 aliphatic rings. The number of likely N-dealkylation sites (tertiary alicyclic amines) is 1. The van der Waals surface area contributed by atoms with Crippen molar-refractivity contribution in [1.82, 2.24) is 10.2 Å². The molecule has 1 N–H and O–H groups in total. The molecule has 0 saturated carbocycles. The number of carbonyl (C=O) groups excluding carboxylic acids is 1. The third-order valence-electron chi connectivity index (χ3n) is 3.01. The highest BCUT2D eigenvalue weighted by molar-refractivity contribution is 5.83. The zero-order valence-corrected chi connectivity index (χ0v) is 10.6. The van der Waals surface area contributed by atoms with Crippen molar-refractivity contribution in [3.8, 4) is 0 Å². The van der Waals surface area contributed by atoms with Crippen LogP contribution in [0.1, 0.15) is 19.8 Å². The van der Waals surface area contributed by atoms with Gasteiger partial charge in [0.2, 0.25) is 5.91 Å². The molecular weight excluding hydrogens is 212 g/mol. The average molecular weight is 234 g/mol. The zero-order chi connectivity index (χ0) is 12.7. The van der Waals surface area contributed by atoms with Crippen molar-refractivity contribution >= 4 is 5.91 Å². The lowest BCUT2D eigenvalue weighted by Gasteiger charge is -2.17. The van der Waals surface area contributed by atoms with Crippen LogP contribution in [0.3, 0.4) is 0 Å². The first-order valence-corrected chi connectivity index (χ1v) is 6.19. The van der Waals surface area contributed by atoms with E-state index in [1.165, 1.54) is 0 Å². The van der Waals surface area contributed by atoms with E-state index in [0.717, 1.165) is 38.0 Å². The predicted octanol–water partition coefficient (Wildman–Crippen LogP) is 1.89. The van der Waals surface area contributed by atoms with Gasteiger partial charge in [-0.05, 0) is 25.0 Å². The minimum Gasteiger partial charge on any atom is -0.341 e. The molecule has 3 heteroatoms. The highest BCUT2D eigenvalue weighted by Crippen LogP contribution is 2.13. The number of hydrogen-bond donors (Lipinski definition) is 1. The van der Waals surface area contributed by atoms with Crippen LogP contribution in [-0.4, -0.2) is 36.5 Å². The van der Waals surface area contributed by atoms with Gasteiger partial charge in [0.05, 0.1) is 6.04 Å².